The van der Waals surface area contributed by atoms with E-state index in [1.807, 2.05) is 44.0 Å². The van der Waals surface area contributed by atoms with Gasteiger partial charge >= 0.3 is 0 Å². The van der Waals surface area contributed by atoms with Gasteiger partial charge in [-0.25, -0.2) is 0 Å². The summed E-state index contributed by atoms with van der Waals surface area (Å²) >= 11 is 6.06. The largest absolute Gasteiger partial charge is 0.495 e. The first kappa shape index (κ1) is 13.7. The highest BCUT2D eigenvalue weighted by atomic mass is 35.5. The van der Waals surface area contributed by atoms with E-state index < -0.39 is 0 Å². The summed E-state index contributed by atoms with van der Waals surface area (Å²) in [5.74, 6) is 0.656. The summed E-state index contributed by atoms with van der Waals surface area (Å²) in [5.41, 5.74) is 0.584. The second kappa shape index (κ2) is 5.29. The highest BCUT2D eigenvalue weighted by molar-refractivity contribution is 6.32. The number of hydrogen-bond acceptors (Lipinski definition) is 3. The molecule has 0 saturated carbocycles. The lowest BCUT2D eigenvalue weighted by molar-refractivity contribution is 0.415. The molecular formula is C13H17ClN2O. The first-order valence-corrected chi connectivity index (χ1v) is 5.73. The van der Waals surface area contributed by atoms with Crippen molar-refractivity contribution < 1.29 is 4.74 Å². The van der Waals surface area contributed by atoms with Crippen LogP contribution in [0.4, 0.5) is 5.69 Å². The van der Waals surface area contributed by atoms with Crippen LogP contribution < -0.4 is 9.64 Å². The first-order valence-electron chi connectivity index (χ1n) is 5.35. The van der Waals surface area contributed by atoms with Crippen molar-refractivity contribution in [2.45, 2.75) is 13.8 Å². The number of methoxy groups -OCH3 is 1. The third-order valence-electron chi connectivity index (χ3n) is 2.51. The van der Waals surface area contributed by atoms with Crippen LogP contribution in [0.25, 0.3) is 0 Å². The van der Waals surface area contributed by atoms with Gasteiger partial charge in [0.2, 0.25) is 0 Å². The van der Waals surface area contributed by atoms with E-state index in [2.05, 4.69) is 6.07 Å². The van der Waals surface area contributed by atoms with Gasteiger partial charge in [0.25, 0.3) is 0 Å². The minimum absolute atomic E-state index is 0.388. The minimum Gasteiger partial charge on any atom is -0.495 e. The Morgan fingerprint density at radius 2 is 2.12 bits per heavy atom. The van der Waals surface area contributed by atoms with Crippen LogP contribution in [-0.2, 0) is 0 Å². The Kier molecular flexibility index (Phi) is 4.25. The van der Waals surface area contributed by atoms with Crippen molar-refractivity contribution in [2.24, 2.45) is 5.41 Å². The number of nitrogens with zero attached hydrogens (tertiary/aromatic N) is 2. The normalized spacial score (nSPS) is 10.8. The monoisotopic (exact) mass is 252 g/mol. The molecule has 4 heteroatoms. The van der Waals surface area contributed by atoms with Crippen LogP contribution in [0.5, 0.6) is 5.75 Å². The molecule has 0 aliphatic heterocycles. The van der Waals surface area contributed by atoms with Crippen LogP contribution in [0, 0.1) is 16.7 Å². The fourth-order valence-electron chi connectivity index (χ4n) is 1.61. The number of benzene rings is 1. The molecule has 0 bridgehead atoms. The van der Waals surface area contributed by atoms with Crippen LogP contribution in [0.2, 0.25) is 5.02 Å². The zero-order valence-electron chi connectivity index (χ0n) is 10.6. The van der Waals surface area contributed by atoms with Crippen LogP contribution in [0.15, 0.2) is 18.2 Å². The molecule has 17 heavy (non-hydrogen) atoms. The van der Waals surface area contributed by atoms with E-state index in [-0.39, 0.29) is 5.41 Å². The average molecular weight is 253 g/mol. The standard InChI is InChI=1S/C13H17ClN2O/c1-13(2,8-15)9-16(3)10-5-6-12(17-4)11(14)7-10/h5-7H,9H2,1-4H3. The van der Waals surface area contributed by atoms with Crippen molar-refractivity contribution in [3.8, 4) is 11.8 Å². The lowest BCUT2D eigenvalue weighted by Gasteiger charge is -2.26. The van der Waals surface area contributed by atoms with E-state index >= 15 is 0 Å². The lowest BCUT2D eigenvalue weighted by Crippen LogP contribution is -2.30. The summed E-state index contributed by atoms with van der Waals surface area (Å²) < 4.78 is 5.10. The summed E-state index contributed by atoms with van der Waals surface area (Å²) in [6.07, 6.45) is 0. The maximum absolute atomic E-state index is 9.00. The molecule has 0 heterocycles. The molecule has 0 atom stereocenters. The molecule has 0 spiro atoms. The molecule has 0 aromatic heterocycles. The molecule has 0 fully saturated rings. The van der Waals surface area contributed by atoms with Gasteiger partial charge in [-0.1, -0.05) is 11.6 Å². The summed E-state index contributed by atoms with van der Waals surface area (Å²) in [6.45, 7) is 4.47. The van der Waals surface area contributed by atoms with Crippen LogP contribution in [0.1, 0.15) is 13.8 Å². The van der Waals surface area contributed by atoms with Gasteiger partial charge in [0.1, 0.15) is 5.75 Å². The van der Waals surface area contributed by atoms with Gasteiger partial charge < -0.3 is 9.64 Å². The number of anilines is 1. The van der Waals surface area contributed by atoms with Gasteiger partial charge in [-0.3, -0.25) is 0 Å². The molecule has 0 aliphatic carbocycles. The van der Waals surface area contributed by atoms with Crippen molar-refractivity contribution in [3.63, 3.8) is 0 Å². The molecule has 1 aromatic rings. The minimum atomic E-state index is -0.388. The molecule has 0 unspecified atom stereocenters. The third-order valence-corrected chi connectivity index (χ3v) is 2.81. The molecule has 1 rings (SSSR count). The van der Waals surface area contributed by atoms with Crippen LogP contribution in [-0.4, -0.2) is 20.7 Å². The zero-order valence-corrected chi connectivity index (χ0v) is 11.4. The van der Waals surface area contributed by atoms with E-state index in [1.54, 1.807) is 7.11 Å². The number of nitriles is 1. The quantitative estimate of drug-likeness (QED) is 0.825. The fraction of sp³-hybridized carbons (Fsp3) is 0.462. The zero-order chi connectivity index (χ0) is 13.1. The molecule has 0 radical (unpaired) electrons. The Hall–Kier alpha value is -1.40. The predicted molar refractivity (Wildman–Crippen MR) is 70.7 cm³/mol. The van der Waals surface area contributed by atoms with Crippen molar-refractivity contribution >= 4 is 17.3 Å². The molecule has 0 amide bonds. The van der Waals surface area contributed by atoms with E-state index in [1.165, 1.54) is 0 Å². The number of rotatable bonds is 4. The summed E-state index contributed by atoms with van der Waals surface area (Å²) in [6, 6.07) is 7.88. The van der Waals surface area contributed by atoms with Crippen molar-refractivity contribution in [1.29, 1.82) is 5.26 Å². The van der Waals surface area contributed by atoms with E-state index in [9.17, 15) is 0 Å². The molecule has 92 valence electrons. The second-order valence-corrected chi connectivity index (χ2v) is 5.08. The topological polar surface area (TPSA) is 36.3 Å². The van der Waals surface area contributed by atoms with Crippen molar-refractivity contribution in [1.82, 2.24) is 0 Å². The summed E-state index contributed by atoms with van der Waals surface area (Å²) in [7, 11) is 3.53. The van der Waals surface area contributed by atoms with Crippen molar-refractivity contribution in [2.75, 3.05) is 25.6 Å². The Morgan fingerprint density at radius 1 is 1.47 bits per heavy atom. The van der Waals surface area contributed by atoms with Gasteiger partial charge in [-0.05, 0) is 32.0 Å². The van der Waals surface area contributed by atoms with E-state index in [4.69, 9.17) is 21.6 Å². The molecule has 0 N–H and O–H groups in total. The van der Waals surface area contributed by atoms with Gasteiger partial charge in [0.15, 0.2) is 0 Å². The van der Waals surface area contributed by atoms with E-state index in [0.717, 1.165) is 5.69 Å². The lowest BCUT2D eigenvalue weighted by atomic mass is 9.95. The molecular weight excluding hydrogens is 236 g/mol. The number of ether oxygens (including phenoxy) is 1. The highest BCUT2D eigenvalue weighted by Crippen LogP contribution is 2.29. The van der Waals surface area contributed by atoms with Gasteiger partial charge in [0, 0.05) is 19.3 Å². The predicted octanol–water partition coefficient (Wildman–Crippen LogP) is 3.33. The van der Waals surface area contributed by atoms with Gasteiger partial charge in [-0.2, -0.15) is 5.26 Å². The van der Waals surface area contributed by atoms with Crippen LogP contribution >= 0.6 is 11.6 Å². The fourth-order valence-corrected chi connectivity index (χ4v) is 1.86. The smallest absolute Gasteiger partial charge is 0.137 e. The number of halogens is 1. The molecule has 1 aromatic carbocycles. The maximum Gasteiger partial charge on any atom is 0.137 e. The van der Waals surface area contributed by atoms with Crippen LogP contribution in [0.3, 0.4) is 0 Å². The van der Waals surface area contributed by atoms with E-state index in [0.29, 0.717) is 17.3 Å². The SMILES string of the molecule is COc1ccc(N(C)CC(C)(C)C#N)cc1Cl. The average Bonchev–Trinajstić information content (AvgIpc) is 2.28. The van der Waals surface area contributed by atoms with Gasteiger partial charge in [0.05, 0.1) is 23.6 Å². The highest BCUT2D eigenvalue weighted by Gasteiger charge is 2.19. The molecule has 0 saturated heterocycles. The Labute approximate surface area is 108 Å². The molecule has 3 nitrogen and oxygen atoms in total. The molecule has 0 aliphatic rings. The van der Waals surface area contributed by atoms with Gasteiger partial charge in [-0.15, -0.1) is 0 Å². The second-order valence-electron chi connectivity index (χ2n) is 4.67. The summed E-state index contributed by atoms with van der Waals surface area (Å²) in [4.78, 5) is 2.01. The number of hydrogen-bond donors (Lipinski definition) is 0. The first-order chi connectivity index (χ1) is 7.89. The van der Waals surface area contributed by atoms with Crippen molar-refractivity contribution in [3.05, 3.63) is 23.2 Å². The Morgan fingerprint density at radius 3 is 2.59 bits per heavy atom. The Balaban J connectivity index is 2.87. The summed E-state index contributed by atoms with van der Waals surface area (Å²) in [5, 5.41) is 9.58. The third kappa shape index (κ3) is 3.54. The maximum atomic E-state index is 9.00. The Bertz CT molecular complexity index is 438.